The summed E-state index contributed by atoms with van der Waals surface area (Å²) in [5.74, 6) is -0.420. The van der Waals surface area contributed by atoms with Gasteiger partial charge in [0.25, 0.3) is 5.56 Å². The predicted molar refractivity (Wildman–Crippen MR) is 114 cm³/mol. The number of aryl methyl sites for hydroxylation is 1. The number of H-pyrrole nitrogens is 1. The molecule has 1 unspecified atom stereocenters. The lowest BCUT2D eigenvalue weighted by atomic mass is 10.0. The number of rotatable bonds is 5. The Balaban J connectivity index is 1.59. The van der Waals surface area contributed by atoms with Crippen LogP contribution in [-0.2, 0) is 12.8 Å². The smallest absolute Gasteiger partial charge is 0.251 e. The number of carbonyl (C=O) groups is 1. The molecule has 150 valence electrons. The van der Waals surface area contributed by atoms with Crippen molar-refractivity contribution in [1.82, 2.24) is 15.3 Å². The third-order valence-corrected chi connectivity index (χ3v) is 5.51. The number of hydrogen-bond acceptors (Lipinski definition) is 5. The lowest BCUT2D eigenvalue weighted by Crippen LogP contribution is -2.52. The van der Waals surface area contributed by atoms with E-state index in [1.165, 1.54) is 0 Å². The average Bonchev–Trinajstić information content (AvgIpc) is 2.73. The first-order valence-corrected chi connectivity index (χ1v) is 9.93. The quantitative estimate of drug-likeness (QED) is 0.613. The SMILES string of the molecule is CCc1cc2ncc(CC3CNCCN3c3ccc(C(N)=O)cc3)cc2[nH]c1=O. The topological polar surface area (TPSA) is 104 Å². The fraction of sp³-hybridized carbons (Fsp3) is 0.318. The normalized spacial score (nSPS) is 16.9. The zero-order chi connectivity index (χ0) is 20.4. The maximum absolute atomic E-state index is 12.1. The summed E-state index contributed by atoms with van der Waals surface area (Å²) in [5, 5.41) is 3.45. The zero-order valence-corrected chi connectivity index (χ0v) is 16.4. The maximum atomic E-state index is 12.1. The molecule has 1 fully saturated rings. The van der Waals surface area contributed by atoms with E-state index in [2.05, 4.69) is 20.2 Å². The summed E-state index contributed by atoms with van der Waals surface area (Å²) in [7, 11) is 0. The Kier molecular flexibility index (Phi) is 5.31. The number of carbonyl (C=O) groups excluding carboxylic acids is 1. The van der Waals surface area contributed by atoms with Gasteiger partial charge >= 0.3 is 0 Å². The molecule has 0 spiro atoms. The summed E-state index contributed by atoms with van der Waals surface area (Å²) in [6.45, 7) is 4.59. The van der Waals surface area contributed by atoms with E-state index in [1.807, 2.05) is 37.4 Å². The molecule has 1 aliphatic heterocycles. The van der Waals surface area contributed by atoms with Crippen molar-refractivity contribution in [2.75, 3.05) is 24.5 Å². The van der Waals surface area contributed by atoms with Crippen molar-refractivity contribution in [3.63, 3.8) is 0 Å². The van der Waals surface area contributed by atoms with Crippen LogP contribution in [0.5, 0.6) is 0 Å². The number of aromatic nitrogens is 2. The fourth-order valence-electron chi connectivity index (χ4n) is 3.91. The summed E-state index contributed by atoms with van der Waals surface area (Å²) in [4.78, 5) is 33.3. The standard InChI is InChI=1S/C22H25N5O2/c1-2-15-11-19-20(26-22(15)29)10-14(12-25-19)9-18-13-24-7-8-27(18)17-5-3-16(4-6-17)21(23)28/h3-6,10-12,18,24H,2,7-9,13H2,1H3,(H2,23,28)(H,26,29). The Labute approximate surface area is 168 Å². The van der Waals surface area contributed by atoms with Gasteiger partial charge in [-0.1, -0.05) is 6.92 Å². The highest BCUT2D eigenvalue weighted by Crippen LogP contribution is 2.22. The van der Waals surface area contributed by atoms with Crippen LogP contribution in [-0.4, -0.2) is 41.6 Å². The third kappa shape index (κ3) is 4.00. The number of hydrogen-bond donors (Lipinski definition) is 3. The van der Waals surface area contributed by atoms with E-state index in [1.54, 1.807) is 12.1 Å². The van der Waals surface area contributed by atoms with Crippen LogP contribution in [0.15, 0.2) is 47.4 Å². The molecule has 4 N–H and O–H groups in total. The summed E-state index contributed by atoms with van der Waals surface area (Å²) in [5.41, 5.74) is 10.3. The van der Waals surface area contributed by atoms with E-state index in [9.17, 15) is 9.59 Å². The molecule has 0 saturated carbocycles. The molecule has 0 bridgehead atoms. The Hall–Kier alpha value is -3.19. The summed E-state index contributed by atoms with van der Waals surface area (Å²) in [6.07, 6.45) is 3.38. The highest BCUT2D eigenvalue weighted by molar-refractivity contribution is 5.93. The minimum atomic E-state index is -0.420. The van der Waals surface area contributed by atoms with Crippen molar-refractivity contribution < 1.29 is 4.79 Å². The van der Waals surface area contributed by atoms with Crippen molar-refractivity contribution in [2.45, 2.75) is 25.8 Å². The molecule has 0 aliphatic carbocycles. The van der Waals surface area contributed by atoms with Gasteiger partial charge in [0, 0.05) is 48.7 Å². The number of nitrogens with zero attached hydrogens (tertiary/aromatic N) is 2. The Bertz CT molecular complexity index is 1090. The fourth-order valence-corrected chi connectivity index (χ4v) is 3.91. The monoisotopic (exact) mass is 391 g/mol. The molecule has 1 amide bonds. The lowest BCUT2D eigenvalue weighted by molar-refractivity contribution is 0.100. The van der Waals surface area contributed by atoms with Gasteiger partial charge in [-0.3, -0.25) is 14.6 Å². The van der Waals surface area contributed by atoms with Crippen molar-refractivity contribution in [3.8, 4) is 0 Å². The second kappa shape index (κ2) is 8.05. The van der Waals surface area contributed by atoms with Gasteiger partial charge in [-0.15, -0.1) is 0 Å². The van der Waals surface area contributed by atoms with Crippen LogP contribution < -0.4 is 21.5 Å². The molecule has 0 radical (unpaired) electrons. The molecule has 1 atom stereocenters. The van der Waals surface area contributed by atoms with Crippen molar-refractivity contribution in [2.24, 2.45) is 5.73 Å². The third-order valence-electron chi connectivity index (χ3n) is 5.51. The van der Waals surface area contributed by atoms with Crippen LogP contribution in [0, 0.1) is 0 Å². The van der Waals surface area contributed by atoms with Crippen molar-refractivity contribution in [3.05, 3.63) is 69.6 Å². The van der Waals surface area contributed by atoms with Crippen molar-refractivity contribution in [1.29, 1.82) is 0 Å². The van der Waals surface area contributed by atoms with Crippen LogP contribution in [0.3, 0.4) is 0 Å². The number of primary amides is 1. The van der Waals surface area contributed by atoms with E-state index in [-0.39, 0.29) is 11.6 Å². The van der Waals surface area contributed by atoms with Gasteiger partial charge in [0.2, 0.25) is 5.91 Å². The van der Waals surface area contributed by atoms with Gasteiger partial charge in [0.05, 0.1) is 11.0 Å². The number of anilines is 1. The minimum absolute atomic E-state index is 0.0468. The second-order valence-electron chi connectivity index (χ2n) is 7.42. The van der Waals surface area contributed by atoms with E-state index >= 15 is 0 Å². The predicted octanol–water partition coefficient (Wildman–Crippen LogP) is 1.61. The van der Waals surface area contributed by atoms with Crippen LogP contribution in [0.4, 0.5) is 5.69 Å². The number of nitrogens with one attached hydrogen (secondary N) is 2. The Morgan fingerprint density at radius 1 is 1.28 bits per heavy atom. The Morgan fingerprint density at radius 2 is 2.07 bits per heavy atom. The van der Waals surface area contributed by atoms with Gasteiger partial charge in [-0.2, -0.15) is 0 Å². The molecule has 7 heteroatoms. The molecule has 3 heterocycles. The van der Waals surface area contributed by atoms with Gasteiger partial charge in [-0.05, 0) is 54.8 Å². The Morgan fingerprint density at radius 3 is 2.79 bits per heavy atom. The molecule has 4 rings (SSSR count). The number of nitrogens with two attached hydrogens (primary N) is 1. The average molecular weight is 391 g/mol. The molecular formula is C22H25N5O2. The van der Waals surface area contributed by atoms with Crippen LogP contribution in [0.2, 0.25) is 0 Å². The van der Waals surface area contributed by atoms with Crippen LogP contribution >= 0.6 is 0 Å². The lowest BCUT2D eigenvalue weighted by Gasteiger charge is -2.38. The molecule has 3 aromatic rings. The molecular weight excluding hydrogens is 366 g/mol. The molecule has 1 saturated heterocycles. The first-order chi connectivity index (χ1) is 14.0. The number of piperazine rings is 1. The highest BCUT2D eigenvalue weighted by atomic mass is 16.1. The van der Waals surface area contributed by atoms with Crippen LogP contribution in [0.25, 0.3) is 11.0 Å². The molecule has 1 aromatic carbocycles. The minimum Gasteiger partial charge on any atom is -0.366 e. The molecule has 1 aliphatic rings. The number of benzene rings is 1. The van der Waals surface area contributed by atoms with E-state index in [4.69, 9.17) is 5.73 Å². The summed E-state index contributed by atoms with van der Waals surface area (Å²) >= 11 is 0. The van der Waals surface area contributed by atoms with E-state index < -0.39 is 5.91 Å². The maximum Gasteiger partial charge on any atom is 0.251 e. The molecule has 7 nitrogen and oxygen atoms in total. The van der Waals surface area contributed by atoms with E-state index in [0.29, 0.717) is 12.0 Å². The number of amides is 1. The number of aromatic amines is 1. The second-order valence-corrected chi connectivity index (χ2v) is 7.42. The molecule has 2 aromatic heterocycles. The van der Waals surface area contributed by atoms with Gasteiger partial charge in [0.15, 0.2) is 0 Å². The zero-order valence-electron chi connectivity index (χ0n) is 16.4. The van der Waals surface area contributed by atoms with E-state index in [0.717, 1.165) is 53.9 Å². The first-order valence-electron chi connectivity index (χ1n) is 9.93. The van der Waals surface area contributed by atoms with Crippen LogP contribution in [0.1, 0.15) is 28.4 Å². The highest BCUT2D eigenvalue weighted by Gasteiger charge is 2.23. The largest absolute Gasteiger partial charge is 0.366 e. The molecule has 29 heavy (non-hydrogen) atoms. The van der Waals surface area contributed by atoms with Crippen molar-refractivity contribution >= 4 is 22.6 Å². The summed E-state index contributed by atoms with van der Waals surface area (Å²) < 4.78 is 0. The van der Waals surface area contributed by atoms with Gasteiger partial charge < -0.3 is 20.9 Å². The first kappa shape index (κ1) is 19.1. The number of fused-ring (bicyclic) bond motifs is 1. The summed E-state index contributed by atoms with van der Waals surface area (Å²) in [6, 6.07) is 11.6. The number of pyridine rings is 2. The van der Waals surface area contributed by atoms with Gasteiger partial charge in [-0.25, -0.2) is 0 Å². The van der Waals surface area contributed by atoms with Gasteiger partial charge in [0.1, 0.15) is 0 Å².